The molecule has 0 aliphatic carbocycles. The molecule has 1 saturated heterocycles. The van der Waals surface area contributed by atoms with Crippen LogP contribution in [0.25, 0.3) is 0 Å². The second kappa shape index (κ2) is 7.37. The average molecular weight is 332 g/mol. The molecule has 1 aromatic carbocycles. The van der Waals surface area contributed by atoms with E-state index in [4.69, 9.17) is 0 Å². The molecule has 0 saturated carbocycles. The van der Waals surface area contributed by atoms with E-state index in [-0.39, 0.29) is 4.90 Å². The molecule has 0 unspecified atom stereocenters. The Balaban J connectivity index is 2.08. The highest BCUT2D eigenvalue weighted by atomic mass is 32.2. The van der Waals surface area contributed by atoms with Crippen molar-refractivity contribution in [1.82, 2.24) is 4.90 Å². The number of alkyl halides is 2. The second-order valence-corrected chi connectivity index (χ2v) is 7.40. The van der Waals surface area contributed by atoms with Crippen molar-refractivity contribution in [1.29, 1.82) is 0 Å². The van der Waals surface area contributed by atoms with Crippen molar-refractivity contribution < 1.29 is 17.2 Å². The molecule has 1 aromatic rings. The molecule has 1 fully saturated rings. The van der Waals surface area contributed by atoms with Crippen molar-refractivity contribution >= 4 is 15.5 Å². The van der Waals surface area contributed by atoms with Crippen LogP contribution in [0.15, 0.2) is 29.2 Å². The number of rotatable bonds is 5. The van der Waals surface area contributed by atoms with Gasteiger partial charge in [0.2, 0.25) is 9.84 Å². The molecular formula is C15H22F2N2O2S. The van der Waals surface area contributed by atoms with E-state index in [1.54, 1.807) is 12.1 Å². The molecule has 0 aromatic heterocycles. The molecule has 0 spiro atoms. The highest BCUT2D eigenvalue weighted by molar-refractivity contribution is 7.91. The lowest BCUT2D eigenvalue weighted by Gasteiger charge is -2.23. The summed E-state index contributed by atoms with van der Waals surface area (Å²) in [5.41, 5.74) is 0.881. The molecule has 0 amide bonds. The molecule has 0 radical (unpaired) electrons. The summed E-state index contributed by atoms with van der Waals surface area (Å²) < 4.78 is 47.9. The van der Waals surface area contributed by atoms with Crippen LogP contribution in [-0.2, 0) is 9.84 Å². The Morgan fingerprint density at radius 2 is 1.77 bits per heavy atom. The van der Waals surface area contributed by atoms with Gasteiger partial charge in [-0.05, 0) is 50.2 Å². The maximum absolute atomic E-state index is 12.5. The summed E-state index contributed by atoms with van der Waals surface area (Å²) in [6.07, 6.45) is 2.16. The van der Waals surface area contributed by atoms with Crippen molar-refractivity contribution in [3.05, 3.63) is 24.3 Å². The van der Waals surface area contributed by atoms with Crippen molar-refractivity contribution in [2.75, 3.05) is 37.6 Å². The molecule has 124 valence electrons. The quantitative estimate of drug-likeness (QED) is 0.831. The SMILES string of the molecule is CCCN1CCCN(c2ccc(S(=O)(=O)C(F)F)cc2)CC1. The first-order valence-electron chi connectivity index (χ1n) is 7.54. The molecular weight excluding hydrogens is 310 g/mol. The third-order valence-corrected chi connectivity index (χ3v) is 5.29. The Labute approximate surface area is 130 Å². The van der Waals surface area contributed by atoms with E-state index in [0.717, 1.165) is 51.3 Å². The Bertz CT molecular complexity index is 576. The van der Waals surface area contributed by atoms with Crippen LogP contribution in [0, 0.1) is 0 Å². The lowest BCUT2D eigenvalue weighted by Crippen LogP contribution is -2.31. The van der Waals surface area contributed by atoms with Crippen molar-refractivity contribution in [3.63, 3.8) is 0 Å². The van der Waals surface area contributed by atoms with Crippen molar-refractivity contribution in [3.8, 4) is 0 Å². The van der Waals surface area contributed by atoms with E-state index in [0.29, 0.717) is 0 Å². The number of nitrogens with zero attached hydrogens (tertiary/aromatic N) is 2. The van der Waals surface area contributed by atoms with Gasteiger partial charge in [0.15, 0.2) is 0 Å². The summed E-state index contributed by atoms with van der Waals surface area (Å²) >= 11 is 0. The maximum atomic E-state index is 12.5. The van der Waals surface area contributed by atoms with Crippen molar-refractivity contribution in [2.45, 2.75) is 30.4 Å². The third kappa shape index (κ3) is 3.95. The molecule has 4 nitrogen and oxygen atoms in total. The molecule has 2 rings (SSSR count). The minimum Gasteiger partial charge on any atom is -0.370 e. The van der Waals surface area contributed by atoms with Crippen LogP contribution in [0.2, 0.25) is 0 Å². The van der Waals surface area contributed by atoms with Gasteiger partial charge in [0, 0.05) is 25.3 Å². The van der Waals surface area contributed by atoms with Gasteiger partial charge >= 0.3 is 5.76 Å². The first kappa shape index (κ1) is 17.1. The minimum atomic E-state index is -4.51. The number of hydrogen-bond donors (Lipinski definition) is 0. The molecule has 0 atom stereocenters. The second-order valence-electron chi connectivity index (χ2n) is 5.48. The molecule has 1 aliphatic heterocycles. The maximum Gasteiger partial charge on any atom is 0.341 e. The van der Waals surface area contributed by atoms with Crippen LogP contribution < -0.4 is 4.90 Å². The third-order valence-electron chi connectivity index (χ3n) is 3.89. The fraction of sp³-hybridized carbons (Fsp3) is 0.600. The van der Waals surface area contributed by atoms with Crippen LogP contribution in [0.4, 0.5) is 14.5 Å². The monoisotopic (exact) mass is 332 g/mol. The number of halogens is 2. The summed E-state index contributed by atoms with van der Waals surface area (Å²) in [5, 5.41) is 0. The highest BCUT2D eigenvalue weighted by Gasteiger charge is 2.26. The zero-order chi connectivity index (χ0) is 16.2. The van der Waals surface area contributed by atoms with Gasteiger partial charge in [-0.3, -0.25) is 0 Å². The predicted octanol–water partition coefficient (Wildman–Crippen LogP) is 2.61. The lowest BCUT2D eigenvalue weighted by molar-refractivity contribution is 0.234. The number of benzene rings is 1. The predicted molar refractivity (Wildman–Crippen MR) is 83.2 cm³/mol. The number of sulfone groups is 1. The van der Waals surface area contributed by atoms with Gasteiger partial charge in [-0.1, -0.05) is 6.92 Å². The van der Waals surface area contributed by atoms with Crippen LogP contribution in [0.3, 0.4) is 0 Å². The normalized spacial score (nSPS) is 17.7. The molecule has 7 heteroatoms. The van der Waals surface area contributed by atoms with Crippen LogP contribution in [0.1, 0.15) is 19.8 Å². The van der Waals surface area contributed by atoms with E-state index in [1.807, 2.05) is 0 Å². The molecule has 22 heavy (non-hydrogen) atoms. The summed E-state index contributed by atoms with van der Waals surface area (Å²) in [7, 11) is -4.51. The molecule has 0 bridgehead atoms. The minimum absolute atomic E-state index is 0.325. The fourth-order valence-electron chi connectivity index (χ4n) is 2.72. The Morgan fingerprint density at radius 3 is 2.36 bits per heavy atom. The van der Waals surface area contributed by atoms with E-state index in [2.05, 4.69) is 16.7 Å². The molecule has 1 aliphatic rings. The smallest absolute Gasteiger partial charge is 0.341 e. The van der Waals surface area contributed by atoms with E-state index in [1.165, 1.54) is 12.1 Å². The summed E-state index contributed by atoms with van der Waals surface area (Å²) in [6, 6.07) is 5.77. The van der Waals surface area contributed by atoms with Gasteiger partial charge in [-0.2, -0.15) is 8.78 Å². The summed E-state index contributed by atoms with van der Waals surface area (Å²) in [6.45, 7) is 7.01. The first-order chi connectivity index (χ1) is 10.4. The largest absolute Gasteiger partial charge is 0.370 e. The Kier molecular flexibility index (Phi) is 5.74. The molecule has 0 N–H and O–H groups in total. The molecule has 1 heterocycles. The summed E-state index contributed by atoms with van der Waals surface area (Å²) in [5.74, 6) is -3.38. The van der Waals surface area contributed by atoms with Gasteiger partial charge in [0.25, 0.3) is 0 Å². The average Bonchev–Trinajstić information content (AvgIpc) is 2.73. The van der Waals surface area contributed by atoms with E-state index >= 15 is 0 Å². The van der Waals surface area contributed by atoms with Gasteiger partial charge in [0.1, 0.15) is 0 Å². The Hall–Kier alpha value is -1.21. The zero-order valence-corrected chi connectivity index (χ0v) is 13.5. The van der Waals surface area contributed by atoms with E-state index in [9.17, 15) is 17.2 Å². The van der Waals surface area contributed by atoms with Crippen LogP contribution in [-0.4, -0.2) is 51.8 Å². The highest BCUT2D eigenvalue weighted by Crippen LogP contribution is 2.23. The van der Waals surface area contributed by atoms with Crippen LogP contribution >= 0.6 is 0 Å². The first-order valence-corrected chi connectivity index (χ1v) is 9.09. The van der Waals surface area contributed by atoms with Gasteiger partial charge in [-0.15, -0.1) is 0 Å². The van der Waals surface area contributed by atoms with Crippen molar-refractivity contribution in [2.24, 2.45) is 0 Å². The van der Waals surface area contributed by atoms with Crippen LogP contribution in [0.5, 0.6) is 0 Å². The zero-order valence-electron chi connectivity index (χ0n) is 12.7. The number of hydrogen-bond acceptors (Lipinski definition) is 4. The van der Waals surface area contributed by atoms with Gasteiger partial charge in [0.05, 0.1) is 4.90 Å². The lowest BCUT2D eigenvalue weighted by atomic mass is 10.2. The topological polar surface area (TPSA) is 40.6 Å². The fourth-order valence-corrected chi connectivity index (χ4v) is 3.44. The van der Waals surface area contributed by atoms with Gasteiger partial charge < -0.3 is 9.80 Å². The Morgan fingerprint density at radius 1 is 1.09 bits per heavy atom. The number of anilines is 1. The van der Waals surface area contributed by atoms with E-state index < -0.39 is 15.6 Å². The standard InChI is InChI=1S/C15H22F2N2O2S/c1-2-8-18-9-3-10-19(12-11-18)13-4-6-14(7-5-13)22(20,21)15(16)17/h4-7,15H,2-3,8-12H2,1H3. The van der Waals surface area contributed by atoms with Gasteiger partial charge in [-0.25, -0.2) is 8.42 Å². The summed E-state index contributed by atoms with van der Waals surface area (Å²) in [4.78, 5) is 4.26.